The maximum atomic E-state index is 13.8. The van der Waals surface area contributed by atoms with E-state index in [2.05, 4.69) is 10.3 Å². The normalized spacial score (nSPS) is 14.3. The van der Waals surface area contributed by atoms with Crippen LogP contribution in [0.5, 0.6) is 0 Å². The van der Waals surface area contributed by atoms with Gasteiger partial charge in [0.2, 0.25) is 0 Å². The summed E-state index contributed by atoms with van der Waals surface area (Å²) in [6.07, 6.45) is 0. The van der Waals surface area contributed by atoms with Gasteiger partial charge in [0.25, 0.3) is 5.91 Å². The Labute approximate surface area is 150 Å². The van der Waals surface area contributed by atoms with Crippen LogP contribution < -0.4 is 5.32 Å². The van der Waals surface area contributed by atoms with Crippen LogP contribution in [-0.4, -0.2) is 53.0 Å². The Hall–Kier alpha value is -2.80. The minimum atomic E-state index is -1.19. The number of hydrogen-bond donors (Lipinski definition) is 2. The van der Waals surface area contributed by atoms with E-state index in [1.54, 1.807) is 24.8 Å². The van der Waals surface area contributed by atoms with Gasteiger partial charge in [-0.2, -0.15) is 0 Å². The van der Waals surface area contributed by atoms with Gasteiger partial charge in [0.15, 0.2) is 0 Å². The lowest BCUT2D eigenvalue weighted by Crippen LogP contribution is -2.46. The molecule has 0 aliphatic carbocycles. The van der Waals surface area contributed by atoms with E-state index >= 15 is 0 Å². The second-order valence-corrected chi connectivity index (χ2v) is 6.27. The third kappa shape index (κ3) is 3.30. The van der Waals surface area contributed by atoms with Gasteiger partial charge in [0.1, 0.15) is 5.82 Å². The van der Waals surface area contributed by atoms with Crippen molar-refractivity contribution in [2.75, 3.05) is 26.2 Å². The van der Waals surface area contributed by atoms with Crippen LogP contribution in [0.3, 0.4) is 0 Å². The van der Waals surface area contributed by atoms with E-state index in [-0.39, 0.29) is 22.6 Å². The van der Waals surface area contributed by atoms with Gasteiger partial charge >= 0.3 is 5.97 Å². The highest BCUT2D eigenvalue weighted by Gasteiger charge is 2.29. The molecule has 3 rings (SSSR count). The molecule has 0 saturated carbocycles. The van der Waals surface area contributed by atoms with Crippen LogP contribution in [-0.2, 0) is 0 Å². The molecule has 1 aliphatic heterocycles. The fourth-order valence-electron chi connectivity index (χ4n) is 3.33. The van der Waals surface area contributed by atoms with Crippen LogP contribution in [0.1, 0.15) is 32.1 Å². The zero-order valence-corrected chi connectivity index (χ0v) is 14.7. The third-order valence-corrected chi connectivity index (χ3v) is 4.50. The van der Waals surface area contributed by atoms with Crippen LogP contribution in [0.4, 0.5) is 4.39 Å². The molecule has 0 unspecified atom stereocenters. The summed E-state index contributed by atoms with van der Waals surface area (Å²) >= 11 is 0. The molecule has 6 nitrogen and oxygen atoms in total. The first-order valence-electron chi connectivity index (χ1n) is 8.40. The maximum absolute atomic E-state index is 13.8. The molecule has 1 aromatic heterocycles. The Kier molecular flexibility index (Phi) is 4.99. The molecule has 1 amide bonds. The van der Waals surface area contributed by atoms with Crippen LogP contribution in [0.25, 0.3) is 11.1 Å². The van der Waals surface area contributed by atoms with Crippen molar-refractivity contribution in [1.82, 2.24) is 15.2 Å². The fraction of sp³-hybridized carbons (Fsp3) is 0.316. The standard InChI is InChI=1S/C19H20FN3O3/c1-11-15(18(24)23-8-6-21-7-9-23)17(13-4-3-5-14(20)10-13)16(19(25)26)12(2)22-11/h3-5,10,21H,6-9H2,1-2H3,(H,25,26). The summed E-state index contributed by atoms with van der Waals surface area (Å²) in [5.41, 5.74) is 1.47. The SMILES string of the molecule is Cc1nc(C)c(C(=O)N2CCNCC2)c(-c2cccc(F)c2)c1C(=O)O. The Morgan fingerprint density at radius 3 is 2.42 bits per heavy atom. The second-order valence-electron chi connectivity index (χ2n) is 6.27. The predicted molar refractivity (Wildman–Crippen MR) is 94.8 cm³/mol. The molecule has 136 valence electrons. The van der Waals surface area contributed by atoms with E-state index in [0.717, 1.165) is 0 Å². The zero-order chi connectivity index (χ0) is 18.8. The number of pyridine rings is 1. The molecular formula is C19H20FN3O3. The van der Waals surface area contributed by atoms with Crippen LogP contribution in [0, 0.1) is 19.7 Å². The molecule has 1 fully saturated rings. The molecule has 0 spiro atoms. The Morgan fingerprint density at radius 2 is 1.81 bits per heavy atom. The van der Waals surface area contributed by atoms with Crippen molar-refractivity contribution >= 4 is 11.9 Å². The maximum Gasteiger partial charge on any atom is 0.338 e. The highest BCUT2D eigenvalue weighted by atomic mass is 19.1. The average molecular weight is 357 g/mol. The number of carboxylic acid groups (broad SMARTS) is 1. The molecule has 2 N–H and O–H groups in total. The lowest BCUT2D eigenvalue weighted by Gasteiger charge is -2.29. The van der Waals surface area contributed by atoms with Gasteiger partial charge in [-0.05, 0) is 31.5 Å². The third-order valence-electron chi connectivity index (χ3n) is 4.50. The number of aryl methyl sites for hydroxylation is 2. The van der Waals surface area contributed by atoms with Gasteiger partial charge in [-0.3, -0.25) is 9.78 Å². The van der Waals surface area contributed by atoms with E-state index in [4.69, 9.17) is 0 Å². The van der Waals surface area contributed by atoms with Crippen molar-refractivity contribution in [2.45, 2.75) is 13.8 Å². The van der Waals surface area contributed by atoms with Crippen molar-refractivity contribution in [3.05, 3.63) is 52.6 Å². The van der Waals surface area contributed by atoms with Gasteiger partial charge in [0.05, 0.1) is 22.5 Å². The quantitative estimate of drug-likeness (QED) is 0.880. The average Bonchev–Trinajstić information content (AvgIpc) is 2.61. The van der Waals surface area contributed by atoms with Crippen molar-refractivity contribution in [3.63, 3.8) is 0 Å². The second kappa shape index (κ2) is 7.21. The van der Waals surface area contributed by atoms with E-state index in [0.29, 0.717) is 43.1 Å². The van der Waals surface area contributed by atoms with Gasteiger partial charge < -0.3 is 15.3 Å². The number of amides is 1. The fourth-order valence-corrected chi connectivity index (χ4v) is 3.33. The van der Waals surface area contributed by atoms with Gasteiger partial charge in [-0.15, -0.1) is 0 Å². The Balaban J connectivity index is 2.27. The number of carbonyl (C=O) groups is 2. The van der Waals surface area contributed by atoms with Gasteiger partial charge in [-0.1, -0.05) is 12.1 Å². The molecule has 1 saturated heterocycles. The Morgan fingerprint density at radius 1 is 1.15 bits per heavy atom. The van der Waals surface area contributed by atoms with Gasteiger partial charge in [0, 0.05) is 31.7 Å². The number of halogens is 1. The van der Waals surface area contributed by atoms with Crippen LogP contribution in [0.2, 0.25) is 0 Å². The molecule has 1 aromatic carbocycles. The number of aromatic nitrogens is 1. The van der Waals surface area contributed by atoms with Crippen molar-refractivity contribution in [1.29, 1.82) is 0 Å². The molecule has 0 atom stereocenters. The van der Waals surface area contributed by atoms with E-state index in [1.807, 2.05) is 0 Å². The van der Waals surface area contributed by atoms with Crippen molar-refractivity contribution in [3.8, 4) is 11.1 Å². The molecule has 26 heavy (non-hydrogen) atoms. The van der Waals surface area contributed by atoms with Crippen molar-refractivity contribution in [2.24, 2.45) is 0 Å². The summed E-state index contributed by atoms with van der Waals surface area (Å²) in [6, 6.07) is 5.64. The monoisotopic (exact) mass is 357 g/mol. The molecule has 0 radical (unpaired) electrons. The lowest BCUT2D eigenvalue weighted by atomic mass is 9.91. The van der Waals surface area contributed by atoms with E-state index in [1.165, 1.54) is 18.2 Å². The minimum Gasteiger partial charge on any atom is -0.478 e. The number of benzene rings is 1. The highest BCUT2D eigenvalue weighted by molar-refractivity contribution is 6.08. The number of aromatic carboxylic acids is 1. The molecular weight excluding hydrogens is 337 g/mol. The van der Waals surface area contributed by atoms with Gasteiger partial charge in [-0.25, -0.2) is 9.18 Å². The number of nitrogens with zero attached hydrogens (tertiary/aromatic N) is 2. The number of piperazine rings is 1. The number of rotatable bonds is 3. The summed E-state index contributed by atoms with van der Waals surface area (Å²) in [5, 5.41) is 12.9. The summed E-state index contributed by atoms with van der Waals surface area (Å²) in [7, 11) is 0. The summed E-state index contributed by atoms with van der Waals surface area (Å²) in [5.74, 6) is -1.96. The number of nitrogens with one attached hydrogen (secondary N) is 1. The predicted octanol–water partition coefficient (Wildman–Crippen LogP) is 2.25. The van der Waals surface area contributed by atoms with Crippen LogP contribution in [0.15, 0.2) is 24.3 Å². The molecule has 2 aromatic rings. The molecule has 2 heterocycles. The first-order chi connectivity index (χ1) is 12.4. The van der Waals surface area contributed by atoms with E-state index < -0.39 is 11.8 Å². The first-order valence-corrected chi connectivity index (χ1v) is 8.40. The van der Waals surface area contributed by atoms with Crippen LogP contribution >= 0.6 is 0 Å². The number of carbonyl (C=O) groups excluding carboxylic acids is 1. The topological polar surface area (TPSA) is 82.5 Å². The number of hydrogen-bond acceptors (Lipinski definition) is 4. The largest absolute Gasteiger partial charge is 0.478 e. The molecule has 0 bridgehead atoms. The van der Waals surface area contributed by atoms with Crippen molar-refractivity contribution < 1.29 is 19.1 Å². The minimum absolute atomic E-state index is 0.0697. The summed E-state index contributed by atoms with van der Waals surface area (Å²) in [4.78, 5) is 31.0. The highest BCUT2D eigenvalue weighted by Crippen LogP contribution is 2.32. The molecule has 7 heteroatoms. The lowest BCUT2D eigenvalue weighted by molar-refractivity contribution is 0.0696. The number of carboxylic acids is 1. The Bertz CT molecular complexity index is 877. The zero-order valence-electron chi connectivity index (χ0n) is 14.7. The van der Waals surface area contributed by atoms with E-state index in [9.17, 15) is 19.1 Å². The summed E-state index contributed by atoms with van der Waals surface area (Å²) in [6.45, 7) is 5.65. The smallest absolute Gasteiger partial charge is 0.338 e. The first kappa shape index (κ1) is 18.0. The molecule has 1 aliphatic rings. The summed E-state index contributed by atoms with van der Waals surface area (Å²) < 4.78 is 13.8.